The van der Waals surface area contributed by atoms with Crippen LogP contribution in [0.5, 0.6) is 5.75 Å². The predicted octanol–water partition coefficient (Wildman–Crippen LogP) is 5.19. The number of carbonyl (C=O) groups is 1. The van der Waals surface area contributed by atoms with Crippen LogP contribution >= 0.6 is 11.3 Å². The maximum Gasteiger partial charge on any atom is 0.167 e. The molecule has 0 spiro atoms. The number of aromatic nitrogens is 1. The average molecular weight is 381 g/mol. The van der Waals surface area contributed by atoms with Crippen molar-refractivity contribution < 1.29 is 13.9 Å². The molecule has 0 aliphatic heterocycles. The highest BCUT2D eigenvalue weighted by Crippen LogP contribution is 2.40. The molecule has 3 aromatic rings. The van der Waals surface area contributed by atoms with Crippen LogP contribution in [0, 0.1) is 5.82 Å². The number of benzene rings is 1. The van der Waals surface area contributed by atoms with E-state index in [0.717, 1.165) is 11.2 Å². The van der Waals surface area contributed by atoms with Gasteiger partial charge in [0.15, 0.2) is 17.9 Å². The Labute approximate surface area is 159 Å². The Hall–Kier alpha value is -3.32. The van der Waals surface area contributed by atoms with Gasteiger partial charge in [-0.3, -0.25) is 14.8 Å². The van der Waals surface area contributed by atoms with E-state index in [1.165, 1.54) is 29.7 Å². The highest BCUT2D eigenvalue weighted by atomic mass is 32.1. The number of aldehydes is 1. The molecule has 1 aromatic carbocycles. The Balaban J connectivity index is 1.89. The molecule has 2 heterocycles. The molecular weight excluding hydrogens is 365 g/mol. The van der Waals surface area contributed by atoms with Crippen LogP contribution < -0.4 is 10.1 Å². The van der Waals surface area contributed by atoms with E-state index in [-0.39, 0.29) is 11.5 Å². The van der Waals surface area contributed by atoms with Gasteiger partial charge in [0.05, 0.1) is 21.1 Å². The van der Waals surface area contributed by atoms with Crippen molar-refractivity contribution in [1.29, 1.82) is 0 Å². The number of ether oxygens (including phenoxy) is 1. The molecule has 0 saturated carbocycles. The van der Waals surface area contributed by atoms with Crippen LogP contribution in [0.25, 0.3) is 16.3 Å². The van der Waals surface area contributed by atoms with Crippen molar-refractivity contribution in [3.63, 3.8) is 0 Å². The Morgan fingerprint density at radius 2 is 2.15 bits per heavy atom. The lowest BCUT2D eigenvalue weighted by molar-refractivity contribution is 0.112. The summed E-state index contributed by atoms with van der Waals surface area (Å²) in [5.74, 6) is -0.175. The van der Waals surface area contributed by atoms with Crippen molar-refractivity contribution in [2.24, 2.45) is 4.99 Å². The molecule has 0 radical (unpaired) electrons. The zero-order valence-electron chi connectivity index (χ0n) is 14.5. The highest BCUT2D eigenvalue weighted by Gasteiger charge is 2.16. The monoisotopic (exact) mass is 381 g/mol. The van der Waals surface area contributed by atoms with Gasteiger partial charge in [0.1, 0.15) is 5.76 Å². The van der Waals surface area contributed by atoms with Crippen molar-refractivity contribution in [3.8, 4) is 16.3 Å². The molecule has 2 aromatic heterocycles. The number of halogens is 1. The number of carbonyl (C=O) groups excluding carboxylic acids is 1. The molecule has 0 atom stereocenters. The third-order valence-corrected chi connectivity index (χ3v) is 4.95. The van der Waals surface area contributed by atoms with Gasteiger partial charge in [0.2, 0.25) is 0 Å². The number of aliphatic imine (C=N–C) groups is 1. The molecule has 136 valence electrons. The van der Waals surface area contributed by atoms with Gasteiger partial charge < -0.3 is 10.1 Å². The Kier molecular flexibility index (Phi) is 5.42. The van der Waals surface area contributed by atoms with Crippen molar-refractivity contribution in [1.82, 2.24) is 4.98 Å². The number of thiophene rings is 1. The first-order valence-corrected chi connectivity index (χ1v) is 8.74. The SMILES string of the molecule is C=Nc1cc(-c2ccc(C=O)cn2)sc1C(=C)Oc1ccc(NC)cc1F. The van der Waals surface area contributed by atoms with Gasteiger partial charge in [0.25, 0.3) is 0 Å². The molecule has 0 amide bonds. The van der Waals surface area contributed by atoms with E-state index in [1.807, 2.05) is 0 Å². The molecule has 27 heavy (non-hydrogen) atoms. The van der Waals surface area contributed by atoms with Crippen molar-refractivity contribution >= 4 is 41.5 Å². The van der Waals surface area contributed by atoms with Gasteiger partial charge in [-0.25, -0.2) is 4.39 Å². The molecule has 1 N–H and O–H groups in total. The van der Waals surface area contributed by atoms with Crippen LogP contribution in [-0.4, -0.2) is 25.0 Å². The summed E-state index contributed by atoms with van der Waals surface area (Å²) in [5.41, 5.74) is 2.38. The molecule has 0 bridgehead atoms. The van der Waals surface area contributed by atoms with Crippen LogP contribution in [0.3, 0.4) is 0 Å². The smallest absolute Gasteiger partial charge is 0.167 e. The number of pyridine rings is 1. The Morgan fingerprint density at radius 3 is 2.74 bits per heavy atom. The Morgan fingerprint density at radius 1 is 1.33 bits per heavy atom. The lowest BCUT2D eigenvalue weighted by Gasteiger charge is -2.10. The zero-order chi connectivity index (χ0) is 19.4. The maximum absolute atomic E-state index is 14.2. The third-order valence-electron chi connectivity index (χ3n) is 3.76. The fourth-order valence-electron chi connectivity index (χ4n) is 2.36. The number of rotatable bonds is 7. The molecule has 0 saturated heterocycles. The van der Waals surface area contributed by atoms with Crippen LogP contribution in [-0.2, 0) is 0 Å². The summed E-state index contributed by atoms with van der Waals surface area (Å²) < 4.78 is 19.8. The Bertz CT molecular complexity index is 1010. The number of anilines is 1. The van der Waals surface area contributed by atoms with Crippen molar-refractivity contribution in [3.05, 3.63) is 65.4 Å². The topological polar surface area (TPSA) is 63.6 Å². The van der Waals surface area contributed by atoms with E-state index >= 15 is 0 Å². The van der Waals surface area contributed by atoms with E-state index in [9.17, 15) is 9.18 Å². The van der Waals surface area contributed by atoms with Crippen LogP contribution in [0.2, 0.25) is 0 Å². The minimum Gasteiger partial charge on any atom is -0.453 e. The first-order valence-electron chi connectivity index (χ1n) is 7.92. The minimum atomic E-state index is -0.501. The number of hydrogen-bond acceptors (Lipinski definition) is 6. The van der Waals surface area contributed by atoms with Gasteiger partial charge in [-0.2, -0.15) is 0 Å². The molecule has 0 aliphatic carbocycles. The molecule has 0 fully saturated rings. The summed E-state index contributed by atoms with van der Waals surface area (Å²) in [4.78, 5) is 20.5. The fraction of sp³-hybridized carbons (Fsp3) is 0.0500. The fourth-order valence-corrected chi connectivity index (χ4v) is 3.36. The molecule has 0 aliphatic rings. The second kappa shape index (κ2) is 7.92. The van der Waals surface area contributed by atoms with Crippen LogP contribution in [0.1, 0.15) is 15.2 Å². The van der Waals surface area contributed by atoms with E-state index in [2.05, 4.69) is 28.6 Å². The molecule has 3 rings (SSSR count). The van der Waals surface area contributed by atoms with Gasteiger partial charge in [-0.1, -0.05) is 6.58 Å². The van der Waals surface area contributed by atoms with Crippen LogP contribution in [0.15, 0.2) is 54.2 Å². The van der Waals surface area contributed by atoms with Crippen molar-refractivity contribution in [2.45, 2.75) is 0 Å². The van der Waals surface area contributed by atoms with Gasteiger partial charge in [0, 0.05) is 30.6 Å². The van der Waals surface area contributed by atoms with E-state index in [4.69, 9.17) is 4.74 Å². The van der Waals surface area contributed by atoms with Gasteiger partial charge in [-0.15, -0.1) is 11.3 Å². The third kappa shape index (κ3) is 3.93. The second-order valence-electron chi connectivity index (χ2n) is 5.50. The van der Waals surface area contributed by atoms with Gasteiger partial charge >= 0.3 is 0 Å². The molecule has 7 heteroatoms. The van der Waals surface area contributed by atoms with Crippen LogP contribution in [0.4, 0.5) is 15.8 Å². The quantitative estimate of drug-likeness (QED) is 0.348. The van der Waals surface area contributed by atoms with Gasteiger partial charge in [-0.05, 0) is 37.0 Å². The molecule has 0 unspecified atom stereocenters. The van der Waals surface area contributed by atoms with Crippen molar-refractivity contribution in [2.75, 3.05) is 12.4 Å². The normalized spacial score (nSPS) is 10.3. The lowest BCUT2D eigenvalue weighted by Crippen LogP contribution is -1.96. The second-order valence-corrected chi connectivity index (χ2v) is 6.55. The lowest BCUT2D eigenvalue weighted by atomic mass is 10.2. The summed E-state index contributed by atoms with van der Waals surface area (Å²) >= 11 is 1.35. The predicted molar refractivity (Wildman–Crippen MR) is 108 cm³/mol. The summed E-state index contributed by atoms with van der Waals surface area (Å²) in [6, 6.07) is 9.79. The zero-order valence-corrected chi connectivity index (χ0v) is 15.3. The average Bonchev–Trinajstić information content (AvgIpc) is 3.14. The molecule has 5 nitrogen and oxygen atoms in total. The van der Waals surface area contributed by atoms with E-state index in [0.29, 0.717) is 27.5 Å². The standard InChI is InChI=1S/C20H16FN3O2S/c1-12(26-18-7-5-14(22-2)8-15(18)21)20-17(23-3)9-19(27-20)16-6-4-13(11-25)10-24-16/h4-11,22H,1,3H2,2H3. The number of nitrogens with one attached hydrogen (secondary N) is 1. The largest absolute Gasteiger partial charge is 0.453 e. The summed E-state index contributed by atoms with van der Waals surface area (Å²) in [6.07, 6.45) is 2.23. The summed E-state index contributed by atoms with van der Waals surface area (Å²) in [6.45, 7) is 7.46. The van der Waals surface area contributed by atoms with E-state index < -0.39 is 5.82 Å². The number of nitrogens with zero attached hydrogens (tertiary/aromatic N) is 2. The summed E-state index contributed by atoms with van der Waals surface area (Å²) in [5, 5.41) is 2.86. The molecular formula is C20H16FN3O2S. The first-order chi connectivity index (χ1) is 13.0. The van der Waals surface area contributed by atoms with E-state index in [1.54, 1.807) is 31.3 Å². The maximum atomic E-state index is 14.2. The first kappa shape index (κ1) is 18.5. The number of hydrogen-bond donors (Lipinski definition) is 1. The highest BCUT2D eigenvalue weighted by molar-refractivity contribution is 7.17. The minimum absolute atomic E-state index is 0.0671. The summed E-state index contributed by atoms with van der Waals surface area (Å²) in [7, 11) is 1.71.